The summed E-state index contributed by atoms with van der Waals surface area (Å²) in [6.07, 6.45) is 6.50. The minimum absolute atomic E-state index is 0. The largest absolute Gasteiger partial charge is 0.370 e. The zero-order valence-electron chi connectivity index (χ0n) is 21.8. The van der Waals surface area contributed by atoms with Crippen molar-refractivity contribution in [2.45, 2.75) is 19.4 Å². The molecule has 0 saturated heterocycles. The monoisotopic (exact) mass is 562 g/mol. The number of aromatic nitrogens is 3. The maximum absolute atomic E-state index is 12.9. The average molecular weight is 563 g/mol. The van der Waals surface area contributed by atoms with Gasteiger partial charge in [0.25, 0.3) is 23.4 Å². The lowest BCUT2D eigenvalue weighted by Crippen LogP contribution is -2.40. The Labute approximate surface area is 230 Å². The number of hydrogen-bond acceptors (Lipinski definition) is 7. The number of amides is 3. The van der Waals surface area contributed by atoms with E-state index in [1.807, 2.05) is 6.92 Å². The van der Waals surface area contributed by atoms with Gasteiger partial charge in [0.2, 0.25) is 0 Å². The van der Waals surface area contributed by atoms with Crippen LogP contribution >= 0.6 is 12.4 Å². The van der Waals surface area contributed by atoms with Crippen molar-refractivity contribution < 1.29 is 19.3 Å². The second kappa shape index (κ2) is 13.1. The van der Waals surface area contributed by atoms with Crippen molar-refractivity contribution in [2.75, 3.05) is 17.2 Å². The lowest BCUT2D eigenvalue weighted by atomic mass is 10.2. The molecule has 1 unspecified atom stereocenters. The summed E-state index contributed by atoms with van der Waals surface area (Å²) in [5, 5.41) is 25.5. The van der Waals surface area contributed by atoms with Crippen LogP contribution in [0.25, 0.3) is 0 Å². The molecule has 1 atom stereocenters. The van der Waals surface area contributed by atoms with Crippen LogP contribution in [0.5, 0.6) is 0 Å². The van der Waals surface area contributed by atoms with Gasteiger partial charge in [0.15, 0.2) is 0 Å². The number of aryl methyl sites for hydroxylation is 3. The Morgan fingerprint density at radius 1 is 0.949 bits per heavy atom. The lowest BCUT2D eigenvalue weighted by molar-refractivity contribution is -0.384. The van der Waals surface area contributed by atoms with Crippen LogP contribution in [0.2, 0.25) is 0 Å². The third-order valence-electron chi connectivity index (χ3n) is 5.81. The smallest absolute Gasteiger partial charge is 0.287 e. The van der Waals surface area contributed by atoms with Crippen LogP contribution in [-0.4, -0.2) is 55.3 Å². The van der Waals surface area contributed by atoms with E-state index in [-0.39, 0.29) is 41.4 Å². The number of hydrazone groups is 1. The molecule has 3 aromatic heterocycles. The summed E-state index contributed by atoms with van der Waals surface area (Å²) in [6, 6.07) is 4.15. The van der Waals surface area contributed by atoms with Gasteiger partial charge in [0.1, 0.15) is 23.4 Å². The summed E-state index contributed by atoms with van der Waals surface area (Å²) in [7, 11) is 4.84. The molecule has 0 aliphatic carbocycles. The molecule has 0 radical (unpaired) electrons. The van der Waals surface area contributed by atoms with Gasteiger partial charge in [-0.15, -0.1) is 12.4 Å². The first-order valence-corrected chi connectivity index (χ1v) is 11.6. The van der Waals surface area contributed by atoms with Crippen molar-refractivity contribution in [3.63, 3.8) is 0 Å². The van der Waals surface area contributed by atoms with E-state index in [4.69, 9.17) is 5.84 Å². The molecule has 3 amide bonds. The van der Waals surface area contributed by atoms with E-state index >= 15 is 0 Å². The third-order valence-corrected chi connectivity index (χ3v) is 5.81. The van der Waals surface area contributed by atoms with Crippen molar-refractivity contribution >= 4 is 53.5 Å². The summed E-state index contributed by atoms with van der Waals surface area (Å²) < 4.78 is 4.47. The first-order chi connectivity index (χ1) is 18.0. The zero-order valence-corrected chi connectivity index (χ0v) is 22.6. The van der Waals surface area contributed by atoms with Gasteiger partial charge in [-0.3, -0.25) is 24.5 Å². The molecular formula is C23H31ClN10O5. The Hall–Kier alpha value is -4.79. The summed E-state index contributed by atoms with van der Waals surface area (Å²) in [5.74, 6) is 3.75. The van der Waals surface area contributed by atoms with Crippen molar-refractivity contribution in [2.24, 2.45) is 32.1 Å². The minimum atomic E-state index is -0.585. The number of rotatable bonds is 11. The summed E-state index contributed by atoms with van der Waals surface area (Å²) in [4.78, 5) is 48.6. The molecule has 15 nitrogen and oxygen atoms in total. The van der Waals surface area contributed by atoms with Gasteiger partial charge in [-0.25, -0.2) is 0 Å². The topological polar surface area (TPSA) is 196 Å². The fraction of sp³-hybridized carbons (Fsp3) is 0.304. The van der Waals surface area contributed by atoms with Gasteiger partial charge in [0.05, 0.1) is 22.5 Å². The number of nitrogens with zero attached hydrogens (tertiary/aromatic N) is 5. The number of carbonyl (C=O) groups excluding carboxylic acids is 3. The van der Waals surface area contributed by atoms with E-state index < -0.39 is 16.7 Å². The summed E-state index contributed by atoms with van der Waals surface area (Å²) in [6.45, 7) is 2.31. The Morgan fingerprint density at radius 3 is 1.90 bits per heavy atom. The van der Waals surface area contributed by atoms with Crippen molar-refractivity contribution in [1.82, 2.24) is 24.3 Å². The molecule has 39 heavy (non-hydrogen) atoms. The number of carbonyl (C=O) groups is 3. The Balaban J connectivity index is 0.00000533. The molecule has 3 rings (SSSR count). The molecular weight excluding hydrogens is 532 g/mol. The second-order valence-corrected chi connectivity index (χ2v) is 8.57. The molecule has 6 N–H and O–H groups in total. The molecule has 16 heteroatoms. The van der Waals surface area contributed by atoms with Crippen molar-refractivity contribution in [1.29, 1.82) is 0 Å². The van der Waals surface area contributed by atoms with Crippen LogP contribution in [0.15, 0.2) is 41.9 Å². The van der Waals surface area contributed by atoms with E-state index in [1.165, 1.54) is 40.8 Å². The second-order valence-electron chi connectivity index (χ2n) is 8.57. The molecule has 0 spiro atoms. The average Bonchev–Trinajstić information content (AvgIpc) is 3.55. The van der Waals surface area contributed by atoms with Gasteiger partial charge in [-0.2, -0.15) is 5.10 Å². The van der Waals surface area contributed by atoms with E-state index in [0.717, 1.165) is 6.42 Å². The lowest BCUT2D eigenvalue weighted by Gasteiger charge is -2.15. The Bertz CT molecular complexity index is 1390. The van der Waals surface area contributed by atoms with Crippen LogP contribution in [0.1, 0.15) is 44.8 Å². The number of halogens is 1. The van der Waals surface area contributed by atoms with Crippen molar-refractivity contribution in [3.8, 4) is 0 Å². The number of nitrogens with two attached hydrogens (primary N) is 1. The van der Waals surface area contributed by atoms with Gasteiger partial charge >= 0.3 is 0 Å². The van der Waals surface area contributed by atoms with Gasteiger partial charge in [0, 0.05) is 52.2 Å². The van der Waals surface area contributed by atoms with Crippen LogP contribution in [0.4, 0.5) is 17.1 Å². The maximum Gasteiger partial charge on any atom is 0.287 e. The first kappa shape index (κ1) is 30.4. The highest BCUT2D eigenvalue weighted by Crippen LogP contribution is 2.20. The molecule has 210 valence electrons. The molecule has 3 aromatic rings. The number of nitro groups is 1. The predicted octanol–water partition coefficient (Wildman–Crippen LogP) is 1.54. The number of anilines is 2. The van der Waals surface area contributed by atoms with Crippen molar-refractivity contribution in [3.05, 3.63) is 64.0 Å². The first-order valence-electron chi connectivity index (χ1n) is 11.6. The fourth-order valence-corrected chi connectivity index (χ4v) is 3.76. The number of nitrogens with one attached hydrogen (secondary N) is 4. The quantitative estimate of drug-likeness (QED) is 0.0767. The molecule has 0 aromatic carbocycles. The molecule has 0 aliphatic rings. The van der Waals surface area contributed by atoms with Crippen LogP contribution in [-0.2, 0) is 21.1 Å². The van der Waals surface area contributed by atoms with E-state index in [2.05, 4.69) is 26.4 Å². The Morgan fingerprint density at radius 2 is 1.44 bits per heavy atom. The zero-order chi connectivity index (χ0) is 28.0. The van der Waals surface area contributed by atoms with E-state index in [9.17, 15) is 24.5 Å². The minimum Gasteiger partial charge on any atom is -0.370 e. The van der Waals surface area contributed by atoms with E-state index in [1.54, 1.807) is 37.1 Å². The molecule has 0 bridgehead atoms. The standard InChI is InChI=1S/C23H30N10O5.ClH/c1-5-14(26-13-27-24)9-25-21(34)18-6-15(10-30(18)2)28-22(35)19-7-16(11-31(19)3)29-23(36)20-8-17(33(37)38)12-32(20)4;/h6-8,10-14H,5,9,24H2,1-4H3,(H,25,34)(H,26,27)(H,28,35)(H,29,36);1H. The molecule has 0 aliphatic heterocycles. The van der Waals surface area contributed by atoms with Gasteiger partial charge in [-0.05, 0) is 18.6 Å². The highest BCUT2D eigenvalue weighted by Gasteiger charge is 2.20. The van der Waals surface area contributed by atoms with Gasteiger partial charge < -0.3 is 40.8 Å². The fourth-order valence-electron chi connectivity index (χ4n) is 3.76. The number of hydrogen-bond donors (Lipinski definition) is 5. The predicted molar refractivity (Wildman–Crippen MR) is 148 cm³/mol. The van der Waals surface area contributed by atoms with Crippen LogP contribution in [0.3, 0.4) is 0 Å². The molecule has 0 fully saturated rings. The Kier molecular flexibility index (Phi) is 10.3. The highest BCUT2D eigenvalue weighted by atomic mass is 35.5. The molecule has 3 heterocycles. The van der Waals surface area contributed by atoms with Gasteiger partial charge in [-0.1, -0.05) is 6.92 Å². The van der Waals surface area contributed by atoms with Crippen LogP contribution in [0, 0.1) is 10.1 Å². The normalized spacial score (nSPS) is 11.5. The maximum atomic E-state index is 12.9. The van der Waals surface area contributed by atoms with E-state index in [0.29, 0.717) is 23.6 Å². The SMILES string of the molecule is CCC(CNC(=O)c1cc(NC(=O)c2cc(NC(=O)c3cc([N+](=O)[O-])cn3C)cn2C)cn1C)NC=NN.Cl. The highest BCUT2D eigenvalue weighted by molar-refractivity contribution is 6.07. The third kappa shape index (κ3) is 7.38. The molecule has 0 saturated carbocycles. The van der Waals surface area contributed by atoms with Crippen LogP contribution < -0.4 is 27.1 Å². The summed E-state index contributed by atoms with van der Waals surface area (Å²) >= 11 is 0. The summed E-state index contributed by atoms with van der Waals surface area (Å²) in [5.41, 5.74) is 1.22.